The van der Waals surface area contributed by atoms with Crippen LogP contribution in [0.4, 0.5) is 0 Å². The molecule has 0 saturated carbocycles. The van der Waals surface area contributed by atoms with Gasteiger partial charge in [0.2, 0.25) is 0 Å². The van der Waals surface area contributed by atoms with Gasteiger partial charge in [0.1, 0.15) is 0 Å². The maximum atomic E-state index is 4.19. The molecule has 0 saturated heterocycles. The monoisotopic (exact) mass is 240 g/mol. The number of azo groups is 1. The molecule has 1 heterocycles. The molecular formula is C14H16N4. The zero-order chi connectivity index (χ0) is 13.0. The van der Waals surface area contributed by atoms with Crippen molar-refractivity contribution in [2.24, 2.45) is 26.3 Å². The fraction of sp³-hybridized carbons (Fsp3) is 0.286. The smallest absolute Gasteiger partial charge is 0.157 e. The lowest BCUT2D eigenvalue weighted by atomic mass is 9.94. The molecule has 1 aliphatic carbocycles. The largest absolute Gasteiger partial charge is 0.184 e. The standard InChI is InChI=1S/C14H16N4/c1-10(2)8-11(3)16-18-14-13-7-5-4-6-12(13)9-15-17-14/h4-9,13H,1-3H3/b16-11+,18-14?. The van der Waals surface area contributed by atoms with Gasteiger partial charge in [-0.25, -0.2) is 0 Å². The van der Waals surface area contributed by atoms with E-state index in [0.717, 1.165) is 11.3 Å². The third-order valence-electron chi connectivity index (χ3n) is 2.52. The van der Waals surface area contributed by atoms with Crippen molar-refractivity contribution >= 4 is 11.5 Å². The van der Waals surface area contributed by atoms with Crippen molar-refractivity contribution in [3.05, 3.63) is 47.7 Å². The Bertz CT molecular complexity index is 538. The molecule has 0 N–H and O–H groups in total. The SMILES string of the molecule is CC(C)=C/C(C)=N/N=C1N=NC=C2C=CC=CC21. The molecule has 1 unspecified atom stereocenters. The predicted octanol–water partition coefficient (Wildman–Crippen LogP) is 3.82. The highest BCUT2D eigenvalue weighted by atomic mass is 15.3. The van der Waals surface area contributed by atoms with Crippen LogP contribution in [0.15, 0.2) is 68.2 Å². The van der Waals surface area contributed by atoms with Crippen LogP contribution in [0.2, 0.25) is 0 Å². The number of hydrogen-bond acceptors (Lipinski definition) is 3. The van der Waals surface area contributed by atoms with E-state index in [4.69, 9.17) is 0 Å². The number of amidine groups is 1. The van der Waals surface area contributed by atoms with E-state index in [1.165, 1.54) is 5.57 Å². The van der Waals surface area contributed by atoms with Crippen molar-refractivity contribution < 1.29 is 0 Å². The zero-order valence-corrected chi connectivity index (χ0v) is 10.8. The Labute approximate surface area is 107 Å². The summed E-state index contributed by atoms with van der Waals surface area (Å²) in [6.07, 6.45) is 11.8. The number of fused-ring (bicyclic) bond motifs is 1. The highest BCUT2D eigenvalue weighted by molar-refractivity contribution is 5.95. The van der Waals surface area contributed by atoms with Crippen LogP contribution in [0.25, 0.3) is 0 Å². The lowest BCUT2D eigenvalue weighted by Gasteiger charge is -2.16. The van der Waals surface area contributed by atoms with E-state index in [1.807, 2.05) is 45.1 Å². The van der Waals surface area contributed by atoms with Crippen molar-refractivity contribution in [2.45, 2.75) is 20.8 Å². The van der Waals surface area contributed by atoms with E-state index in [9.17, 15) is 0 Å². The van der Waals surface area contributed by atoms with Crippen molar-refractivity contribution in [2.75, 3.05) is 0 Å². The molecule has 18 heavy (non-hydrogen) atoms. The molecule has 0 fully saturated rings. The fourth-order valence-electron chi connectivity index (χ4n) is 1.79. The average Bonchev–Trinajstić information content (AvgIpc) is 2.35. The first kappa shape index (κ1) is 12.4. The van der Waals surface area contributed by atoms with E-state index in [-0.39, 0.29) is 5.92 Å². The van der Waals surface area contributed by atoms with E-state index in [0.29, 0.717) is 5.84 Å². The first-order valence-corrected chi connectivity index (χ1v) is 5.89. The minimum Gasteiger partial charge on any atom is -0.157 e. The molecule has 0 aromatic rings. The summed E-state index contributed by atoms with van der Waals surface area (Å²) in [4.78, 5) is 0. The number of nitrogens with zero attached hydrogens (tertiary/aromatic N) is 4. The molecule has 4 heteroatoms. The molecule has 2 rings (SSSR count). The second-order valence-corrected chi connectivity index (χ2v) is 4.49. The molecule has 1 atom stereocenters. The lowest BCUT2D eigenvalue weighted by molar-refractivity contribution is 0.944. The third kappa shape index (κ3) is 2.97. The Morgan fingerprint density at radius 1 is 1.28 bits per heavy atom. The molecule has 1 aliphatic heterocycles. The van der Waals surface area contributed by atoms with Gasteiger partial charge in [-0.05, 0) is 32.4 Å². The van der Waals surface area contributed by atoms with Crippen LogP contribution in [0.3, 0.4) is 0 Å². The Morgan fingerprint density at radius 3 is 2.89 bits per heavy atom. The van der Waals surface area contributed by atoms with Gasteiger partial charge >= 0.3 is 0 Å². The summed E-state index contributed by atoms with van der Waals surface area (Å²) in [5.74, 6) is 0.713. The highest BCUT2D eigenvalue weighted by Gasteiger charge is 2.21. The molecule has 0 amide bonds. The van der Waals surface area contributed by atoms with Crippen LogP contribution in [-0.2, 0) is 0 Å². The summed E-state index contributed by atoms with van der Waals surface area (Å²) >= 11 is 0. The van der Waals surface area contributed by atoms with Crippen LogP contribution in [0, 0.1) is 5.92 Å². The van der Waals surface area contributed by atoms with Gasteiger partial charge in [0.25, 0.3) is 0 Å². The summed E-state index contributed by atoms with van der Waals surface area (Å²) in [5, 5.41) is 16.4. The Morgan fingerprint density at radius 2 is 2.11 bits per heavy atom. The van der Waals surface area contributed by atoms with Crippen molar-refractivity contribution in [1.29, 1.82) is 0 Å². The van der Waals surface area contributed by atoms with Gasteiger partial charge in [-0.2, -0.15) is 10.2 Å². The van der Waals surface area contributed by atoms with Gasteiger partial charge in [0.15, 0.2) is 5.84 Å². The van der Waals surface area contributed by atoms with Crippen LogP contribution in [-0.4, -0.2) is 11.5 Å². The quantitative estimate of drug-likeness (QED) is 0.520. The second-order valence-electron chi connectivity index (χ2n) is 4.49. The van der Waals surface area contributed by atoms with Crippen LogP contribution in [0.1, 0.15) is 20.8 Å². The minimum atomic E-state index is 0.0794. The van der Waals surface area contributed by atoms with Gasteiger partial charge in [0.05, 0.1) is 17.8 Å². The number of hydrogen-bond donors (Lipinski definition) is 0. The molecule has 0 spiro atoms. The molecule has 0 radical (unpaired) electrons. The second kappa shape index (κ2) is 5.49. The topological polar surface area (TPSA) is 49.4 Å². The van der Waals surface area contributed by atoms with Gasteiger partial charge in [-0.15, -0.1) is 10.2 Å². The van der Waals surface area contributed by atoms with Gasteiger partial charge in [-0.1, -0.05) is 29.9 Å². The van der Waals surface area contributed by atoms with Crippen molar-refractivity contribution in [1.82, 2.24) is 0 Å². The van der Waals surface area contributed by atoms with E-state index >= 15 is 0 Å². The predicted molar refractivity (Wildman–Crippen MR) is 74.7 cm³/mol. The molecule has 0 bridgehead atoms. The Balaban J connectivity index is 2.22. The van der Waals surface area contributed by atoms with Crippen LogP contribution >= 0.6 is 0 Å². The number of allylic oxidation sites excluding steroid dienone is 5. The third-order valence-corrected chi connectivity index (χ3v) is 2.52. The fourth-order valence-corrected chi connectivity index (χ4v) is 1.79. The Hall–Kier alpha value is -2.10. The lowest BCUT2D eigenvalue weighted by Crippen LogP contribution is -2.15. The molecule has 0 aromatic carbocycles. The summed E-state index contributed by atoms with van der Waals surface area (Å²) in [6.45, 7) is 5.98. The maximum absolute atomic E-state index is 4.19. The van der Waals surface area contributed by atoms with Crippen molar-refractivity contribution in [3.63, 3.8) is 0 Å². The number of rotatable bonds is 2. The first-order chi connectivity index (χ1) is 8.66. The van der Waals surface area contributed by atoms with Gasteiger partial charge in [0, 0.05) is 0 Å². The average molecular weight is 240 g/mol. The summed E-state index contributed by atoms with van der Waals surface area (Å²) in [5.41, 5.74) is 3.16. The molecule has 2 aliphatic rings. The molecule has 92 valence electrons. The molecule has 0 aromatic heterocycles. The van der Waals surface area contributed by atoms with Crippen molar-refractivity contribution in [3.8, 4) is 0 Å². The molecule has 4 nitrogen and oxygen atoms in total. The van der Waals surface area contributed by atoms with Crippen LogP contribution < -0.4 is 0 Å². The maximum Gasteiger partial charge on any atom is 0.184 e. The first-order valence-electron chi connectivity index (χ1n) is 5.89. The normalized spacial score (nSPS) is 23.9. The molecular weight excluding hydrogens is 224 g/mol. The van der Waals surface area contributed by atoms with Gasteiger partial charge in [-0.3, -0.25) is 0 Å². The van der Waals surface area contributed by atoms with Crippen LogP contribution in [0.5, 0.6) is 0 Å². The van der Waals surface area contributed by atoms with E-state index in [1.54, 1.807) is 6.20 Å². The van der Waals surface area contributed by atoms with Gasteiger partial charge < -0.3 is 0 Å². The zero-order valence-electron chi connectivity index (χ0n) is 10.8. The highest BCUT2D eigenvalue weighted by Crippen LogP contribution is 2.24. The van der Waals surface area contributed by atoms with E-state index < -0.39 is 0 Å². The summed E-state index contributed by atoms with van der Waals surface area (Å²) in [6, 6.07) is 0. The summed E-state index contributed by atoms with van der Waals surface area (Å²) in [7, 11) is 0. The van der Waals surface area contributed by atoms with E-state index in [2.05, 4.69) is 26.5 Å². The minimum absolute atomic E-state index is 0.0794. The summed E-state index contributed by atoms with van der Waals surface area (Å²) < 4.78 is 0. The Kier molecular flexibility index (Phi) is 3.77.